The van der Waals surface area contributed by atoms with E-state index in [0.717, 1.165) is 19.3 Å². The van der Waals surface area contributed by atoms with Crippen molar-refractivity contribution in [2.75, 3.05) is 26.7 Å². The topological polar surface area (TPSA) is 189 Å². The lowest BCUT2D eigenvalue weighted by Gasteiger charge is -2.32. The molecule has 1 unspecified atom stereocenters. The van der Waals surface area contributed by atoms with Gasteiger partial charge in [0.25, 0.3) is 11.8 Å². The van der Waals surface area contributed by atoms with E-state index in [0.29, 0.717) is 36.8 Å². The van der Waals surface area contributed by atoms with Gasteiger partial charge in [0.2, 0.25) is 21.8 Å². The van der Waals surface area contributed by atoms with Gasteiger partial charge in [-0.3, -0.25) is 24.0 Å². The van der Waals surface area contributed by atoms with Gasteiger partial charge in [-0.05, 0) is 68.8 Å². The van der Waals surface area contributed by atoms with E-state index in [4.69, 9.17) is 14.0 Å². The van der Waals surface area contributed by atoms with Crippen molar-refractivity contribution in [3.63, 3.8) is 0 Å². The lowest BCUT2D eigenvalue weighted by Crippen LogP contribution is -2.59. The van der Waals surface area contributed by atoms with Crippen LogP contribution in [0.1, 0.15) is 51.4 Å². The molecule has 0 bridgehead atoms. The molecular formula is C32H40N6O9S. The summed E-state index contributed by atoms with van der Waals surface area (Å²) in [6.07, 6.45) is 6.97. The van der Waals surface area contributed by atoms with Gasteiger partial charge in [-0.25, -0.2) is 13.2 Å². The second-order valence-electron chi connectivity index (χ2n) is 13.4. The van der Waals surface area contributed by atoms with Gasteiger partial charge in [-0.2, -0.15) is 0 Å². The molecule has 0 radical (unpaired) electrons. The Balaban J connectivity index is 1.20. The number of carbonyl (C=O) groups is 4. The molecule has 3 heterocycles. The fourth-order valence-electron chi connectivity index (χ4n) is 6.80. The van der Waals surface area contributed by atoms with E-state index in [1.54, 1.807) is 18.2 Å². The molecule has 3 N–H and O–H groups in total. The first-order chi connectivity index (χ1) is 23.1. The largest absolute Gasteiger partial charge is 0.470 e. The SMILES string of the molecule is COC(=O)N[C@H]1CN(C2CC2)CCC/C=C\C2C[C@@]2(C(=O)NS(=O)(=O)C2CC2)NC(=O)[C@@H]2C[C@@H](Oc3noc4ccccc34)CN2C1=O. The van der Waals surface area contributed by atoms with E-state index in [9.17, 15) is 27.6 Å². The summed E-state index contributed by atoms with van der Waals surface area (Å²) in [5, 5.41) is 9.59. The highest BCUT2D eigenvalue weighted by molar-refractivity contribution is 7.91. The molecule has 0 spiro atoms. The molecule has 7 rings (SSSR count). The van der Waals surface area contributed by atoms with Crippen molar-refractivity contribution in [1.29, 1.82) is 0 Å². The summed E-state index contributed by atoms with van der Waals surface area (Å²) in [6, 6.07) is 5.29. The highest BCUT2D eigenvalue weighted by Crippen LogP contribution is 2.46. The van der Waals surface area contributed by atoms with Gasteiger partial charge >= 0.3 is 6.09 Å². The first-order valence-corrected chi connectivity index (χ1v) is 18.1. The number of aromatic nitrogens is 1. The van der Waals surface area contributed by atoms with Crippen molar-refractivity contribution >= 4 is 44.8 Å². The number of methoxy groups -OCH3 is 1. The van der Waals surface area contributed by atoms with Gasteiger partial charge in [-0.1, -0.05) is 24.3 Å². The van der Waals surface area contributed by atoms with Crippen LogP contribution < -0.4 is 20.1 Å². The standard InChI is InChI=1S/C32H40N6O9S/c1-45-31(42)33-24-18-37(20-10-11-20)14-6-2-3-7-19-16-32(19,30(41)36-48(43,44)22-12-13-22)34-27(39)25-15-21(17-38(25)29(24)40)46-28-23-8-4-5-9-26(23)47-35-28/h3-5,7-9,19-22,24-25H,2,6,10-18H2,1H3,(H,33,42)(H,34,39)(H,36,41)/b7-3-/t19?,21-,24+,25+,32-/m1/s1. The Morgan fingerprint density at radius 2 is 1.92 bits per heavy atom. The average Bonchev–Trinajstić information content (AvgIpc) is 3.99. The van der Waals surface area contributed by atoms with Crippen LogP contribution in [0.5, 0.6) is 5.88 Å². The number of ether oxygens (including phenoxy) is 2. The predicted molar refractivity (Wildman–Crippen MR) is 170 cm³/mol. The Labute approximate surface area is 277 Å². The van der Waals surface area contributed by atoms with Crippen LogP contribution in [0, 0.1) is 5.92 Å². The number of nitrogens with one attached hydrogen (secondary N) is 3. The van der Waals surface area contributed by atoms with Crippen LogP contribution in [-0.2, 0) is 29.1 Å². The summed E-state index contributed by atoms with van der Waals surface area (Å²) in [6.45, 7) is 0.878. The fraction of sp³-hybridized carbons (Fsp3) is 0.594. The second kappa shape index (κ2) is 12.7. The highest BCUT2D eigenvalue weighted by atomic mass is 32.2. The van der Waals surface area contributed by atoms with E-state index in [2.05, 4.69) is 25.4 Å². The van der Waals surface area contributed by atoms with Crippen molar-refractivity contribution < 1.29 is 41.6 Å². The van der Waals surface area contributed by atoms with Crippen LogP contribution in [0.3, 0.4) is 0 Å². The molecular weight excluding hydrogens is 644 g/mol. The Bertz CT molecular complexity index is 1740. The van der Waals surface area contributed by atoms with Gasteiger partial charge in [-0.15, -0.1) is 0 Å². The van der Waals surface area contributed by atoms with Crippen molar-refractivity contribution in [1.82, 2.24) is 30.3 Å². The smallest absolute Gasteiger partial charge is 0.407 e. The van der Waals surface area contributed by atoms with Crippen molar-refractivity contribution in [2.45, 2.75) is 86.4 Å². The van der Waals surface area contributed by atoms with Crippen LogP contribution in [0.25, 0.3) is 11.0 Å². The summed E-state index contributed by atoms with van der Waals surface area (Å²) < 4.78 is 44.2. The molecule has 2 aliphatic heterocycles. The maximum absolute atomic E-state index is 14.4. The minimum Gasteiger partial charge on any atom is -0.470 e. The molecule has 258 valence electrons. The zero-order valence-electron chi connectivity index (χ0n) is 26.6. The Morgan fingerprint density at radius 1 is 1.12 bits per heavy atom. The molecule has 3 aliphatic carbocycles. The normalized spacial score (nSPS) is 30.6. The number of carbonyl (C=O) groups excluding carboxylic acids is 4. The zero-order chi connectivity index (χ0) is 33.6. The summed E-state index contributed by atoms with van der Waals surface area (Å²) >= 11 is 0. The van der Waals surface area contributed by atoms with Crippen molar-refractivity contribution in [3.05, 3.63) is 36.4 Å². The third-order valence-corrected chi connectivity index (χ3v) is 11.7. The molecule has 4 fully saturated rings. The van der Waals surface area contributed by atoms with Crippen LogP contribution in [0.2, 0.25) is 0 Å². The predicted octanol–water partition coefficient (Wildman–Crippen LogP) is 1.20. The fourth-order valence-corrected chi connectivity index (χ4v) is 8.17. The highest BCUT2D eigenvalue weighted by Gasteiger charge is 2.62. The van der Waals surface area contributed by atoms with E-state index in [1.165, 1.54) is 12.0 Å². The number of allylic oxidation sites excluding steroid dienone is 1. The van der Waals surface area contributed by atoms with Crippen molar-refractivity contribution in [2.24, 2.45) is 5.92 Å². The number of nitrogens with zero attached hydrogens (tertiary/aromatic N) is 3. The lowest BCUT2D eigenvalue weighted by molar-refractivity contribution is -0.141. The molecule has 5 atom stereocenters. The molecule has 1 aromatic heterocycles. The third kappa shape index (κ3) is 6.59. The molecule has 16 heteroatoms. The van der Waals surface area contributed by atoms with Crippen LogP contribution in [-0.4, -0.2) is 109 Å². The van der Waals surface area contributed by atoms with E-state index < -0.39 is 68.7 Å². The summed E-state index contributed by atoms with van der Waals surface area (Å²) in [4.78, 5) is 58.2. The molecule has 1 aromatic carbocycles. The molecule has 48 heavy (non-hydrogen) atoms. The molecule has 4 amide bonds. The Hall–Kier alpha value is -4.18. The van der Waals surface area contributed by atoms with Gasteiger partial charge in [0.1, 0.15) is 23.7 Å². The average molecular weight is 685 g/mol. The number of rotatable bonds is 7. The van der Waals surface area contributed by atoms with Crippen LogP contribution >= 0.6 is 0 Å². The molecule has 15 nitrogen and oxygen atoms in total. The number of benzene rings is 1. The van der Waals surface area contributed by atoms with Gasteiger partial charge in [0.15, 0.2) is 5.58 Å². The third-order valence-electron chi connectivity index (χ3n) is 9.88. The number of para-hydroxylation sites is 1. The van der Waals surface area contributed by atoms with Crippen LogP contribution in [0.15, 0.2) is 40.9 Å². The number of amides is 4. The summed E-state index contributed by atoms with van der Waals surface area (Å²) in [7, 11) is -2.66. The number of fused-ring (bicyclic) bond motifs is 3. The second-order valence-corrected chi connectivity index (χ2v) is 15.4. The van der Waals surface area contributed by atoms with Crippen LogP contribution in [0.4, 0.5) is 4.79 Å². The van der Waals surface area contributed by atoms with Gasteiger partial charge in [0.05, 0.1) is 24.3 Å². The van der Waals surface area contributed by atoms with Gasteiger partial charge in [0, 0.05) is 24.9 Å². The number of hydrogen-bond donors (Lipinski definition) is 3. The number of sulfonamides is 1. The summed E-state index contributed by atoms with van der Waals surface area (Å²) in [5.74, 6) is -2.13. The van der Waals surface area contributed by atoms with Crippen molar-refractivity contribution in [3.8, 4) is 5.88 Å². The Morgan fingerprint density at radius 3 is 2.67 bits per heavy atom. The minimum atomic E-state index is -3.88. The number of hydrogen-bond acceptors (Lipinski definition) is 11. The lowest BCUT2D eigenvalue weighted by atomic mass is 10.1. The molecule has 2 aromatic rings. The Kier molecular flexibility index (Phi) is 8.56. The maximum Gasteiger partial charge on any atom is 0.407 e. The van der Waals surface area contributed by atoms with E-state index in [1.807, 2.05) is 18.2 Å². The maximum atomic E-state index is 14.4. The monoisotopic (exact) mass is 684 g/mol. The first-order valence-electron chi connectivity index (χ1n) is 16.5. The summed E-state index contributed by atoms with van der Waals surface area (Å²) in [5.41, 5.74) is -0.978. The van der Waals surface area contributed by atoms with E-state index >= 15 is 0 Å². The number of alkyl carbamates (subject to hydrolysis) is 1. The first kappa shape index (κ1) is 32.4. The zero-order valence-corrected chi connectivity index (χ0v) is 27.4. The minimum absolute atomic E-state index is 0.0144. The molecule has 3 saturated carbocycles. The van der Waals surface area contributed by atoms with Gasteiger partial charge < -0.3 is 29.5 Å². The molecule has 1 saturated heterocycles. The van der Waals surface area contributed by atoms with E-state index in [-0.39, 0.29) is 37.9 Å². The quantitative estimate of drug-likeness (QED) is 0.356. The molecule has 5 aliphatic rings.